The molecule has 1 aromatic carbocycles. The number of nitrogens with zero attached hydrogens (tertiary/aromatic N) is 4. The average Bonchev–Trinajstić information content (AvgIpc) is 3.88. The summed E-state index contributed by atoms with van der Waals surface area (Å²) in [6.07, 6.45) is 12.7. The summed E-state index contributed by atoms with van der Waals surface area (Å²) in [5.74, 6) is 0.943. The third-order valence-corrected chi connectivity index (χ3v) is 8.37. The number of amides is 4. The molecule has 4 atom stereocenters. The van der Waals surface area contributed by atoms with E-state index >= 15 is 0 Å². The summed E-state index contributed by atoms with van der Waals surface area (Å²) < 4.78 is 4.61. The van der Waals surface area contributed by atoms with Crippen LogP contribution in [0, 0.1) is 0 Å². The van der Waals surface area contributed by atoms with Gasteiger partial charge in [-0.1, -0.05) is 36.4 Å². The van der Waals surface area contributed by atoms with Crippen LogP contribution in [0.1, 0.15) is 85.8 Å². The van der Waals surface area contributed by atoms with Crippen LogP contribution in [0.4, 0.5) is 9.59 Å². The first-order valence-corrected chi connectivity index (χ1v) is 15.6. The second-order valence-corrected chi connectivity index (χ2v) is 11.7. The monoisotopic (exact) mass is 644 g/mol. The molecule has 3 aromatic rings. The Morgan fingerprint density at radius 3 is 1.68 bits per heavy atom. The Hall–Kier alpha value is -5.40. The van der Waals surface area contributed by atoms with Crippen molar-refractivity contribution in [1.29, 1.82) is 0 Å². The Morgan fingerprint density at radius 2 is 1.26 bits per heavy atom. The van der Waals surface area contributed by atoms with Crippen LogP contribution in [-0.4, -0.2) is 91.1 Å². The SMILES string of the molecule is COC(=O)N[C@@H](C)C(=O)N1CCC[C@H]1c1nc(/C=C/c2ccc(C=Cc3c[nH]c([C@@H]4CCCN4C(=O)[C@H](C)NC(=O)O)n3)cc2)c[nH]1. The van der Waals surface area contributed by atoms with Crippen molar-refractivity contribution in [2.24, 2.45) is 0 Å². The number of carboxylic acid groups (broad SMARTS) is 1. The van der Waals surface area contributed by atoms with Gasteiger partial charge in [0.25, 0.3) is 0 Å². The third kappa shape index (κ3) is 8.07. The lowest BCUT2D eigenvalue weighted by molar-refractivity contribution is -0.134. The van der Waals surface area contributed by atoms with Crippen molar-refractivity contribution in [1.82, 2.24) is 40.4 Å². The van der Waals surface area contributed by atoms with Gasteiger partial charge in [-0.2, -0.15) is 0 Å². The molecule has 2 aliphatic heterocycles. The van der Waals surface area contributed by atoms with Crippen LogP contribution in [-0.2, 0) is 14.3 Å². The Kier molecular flexibility index (Phi) is 10.4. The Bertz CT molecular complexity index is 1640. The number of ether oxygens (including phenoxy) is 1. The molecule has 5 N–H and O–H groups in total. The molecular formula is C33H40N8O6. The highest BCUT2D eigenvalue weighted by Crippen LogP contribution is 2.32. The molecule has 4 amide bonds. The first-order chi connectivity index (χ1) is 22.6. The minimum atomic E-state index is -1.23. The summed E-state index contributed by atoms with van der Waals surface area (Å²) in [6.45, 7) is 4.34. The van der Waals surface area contributed by atoms with Gasteiger partial charge in [-0.05, 0) is 62.8 Å². The van der Waals surface area contributed by atoms with Gasteiger partial charge < -0.3 is 40.2 Å². The van der Waals surface area contributed by atoms with Crippen molar-refractivity contribution in [3.8, 4) is 0 Å². The van der Waals surface area contributed by atoms with Crippen molar-refractivity contribution in [3.63, 3.8) is 0 Å². The number of hydrogen-bond donors (Lipinski definition) is 5. The number of rotatable bonds is 10. The van der Waals surface area contributed by atoms with Crippen LogP contribution in [0.3, 0.4) is 0 Å². The second kappa shape index (κ2) is 14.8. The fraction of sp³-hybridized carbons (Fsp3) is 0.394. The molecule has 2 fully saturated rings. The number of imidazole rings is 2. The quantitative estimate of drug-likeness (QED) is 0.217. The fourth-order valence-corrected chi connectivity index (χ4v) is 5.97. The van der Waals surface area contributed by atoms with E-state index in [9.17, 15) is 19.2 Å². The molecule has 5 rings (SSSR count). The molecule has 4 heterocycles. The zero-order valence-corrected chi connectivity index (χ0v) is 26.6. The predicted molar refractivity (Wildman–Crippen MR) is 174 cm³/mol. The maximum atomic E-state index is 12.9. The molecule has 0 aliphatic carbocycles. The van der Waals surface area contributed by atoms with Gasteiger partial charge in [0, 0.05) is 25.5 Å². The number of carbonyl (C=O) groups excluding carboxylic acids is 3. The normalized spacial score (nSPS) is 19.3. The smallest absolute Gasteiger partial charge is 0.407 e. The van der Waals surface area contributed by atoms with Gasteiger partial charge in [0.15, 0.2) is 0 Å². The van der Waals surface area contributed by atoms with Crippen molar-refractivity contribution < 1.29 is 29.0 Å². The molecule has 47 heavy (non-hydrogen) atoms. The highest BCUT2D eigenvalue weighted by molar-refractivity contribution is 5.86. The van der Waals surface area contributed by atoms with Crippen LogP contribution < -0.4 is 10.6 Å². The number of likely N-dealkylation sites (tertiary alicyclic amines) is 2. The first kappa shape index (κ1) is 33.0. The summed E-state index contributed by atoms with van der Waals surface area (Å²) in [6, 6.07) is 6.06. The minimum absolute atomic E-state index is 0.178. The van der Waals surface area contributed by atoms with Crippen molar-refractivity contribution in [2.75, 3.05) is 20.2 Å². The van der Waals surface area contributed by atoms with E-state index in [1.54, 1.807) is 29.8 Å². The second-order valence-electron chi connectivity index (χ2n) is 11.7. The Labute approximate surface area is 272 Å². The maximum Gasteiger partial charge on any atom is 0.407 e. The van der Waals surface area contributed by atoms with Crippen molar-refractivity contribution in [3.05, 3.63) is 70.8 Å². The molecule has 14 heteroatoms. The minimum Gasteiger partial charge on any atom is -0.465 e. The van der Waals surface area contributed by atoms with E-state index < -0.39 is 24.3 Å². The third-order valence-electron chi connectivity index (χ3n) is 8.37. The van der Waals surface area contributed by atoms with E-state index in [0.717, 1.165) is 48.2 Å². The number of methoxy groups -OCH3 is 1. The molecule has 0 spiro atoms. The van der Waals surface area contributed by atoms with Crippen molar-refractivity contribution in [2.45, 2.75) is 63.7 Å². The molecule has 248 valence electrons. The number of alkyl carbamates (subject to hydrolysis) is 1. The Balaban J connectivity index is 1.16. The van der Waals surface area contributed by atoms with Gasteiger partial charge in [-0.25, -0.2) is 19.6 Å². The molecule has 0 saturated carbocycles. The summed E-state index contributed by atoms with van der Waals surface area (Å²) in [5, 5.41) is 13.7. The highest BCUT2D eigenvalue weighted by atomic mass is 16.5. The molecule has 0 radical (unpaired) electrons. The van der Waals surface area contributed by atoms with Gasteiger partial charge in [-0.3, -0.25) is 9.59 Å². The summed E-state index contributed by atoms with van der Waals surface area (Å²) in [4.78, 5) is 67.4. The number of nitrogens with one attached hydrogen (secondary N) is 4. The molecule has 2 aromatic heterocycles. The maximum absolute atomic E-state index is 12.9. The Morgan fingerprint density at radius 1 is 0.809 bits per heavy atom. The van der Waals surface area contributed by atoms with Gasteiger partial charge in [-0.15, -0.1) is 0 Å². The largest absolute Gasteiger partial charge is 0.465 e. The lowest BCUT2D eigenvalue weighted by Gasteiger charge is -2.26. The van der Waals surface area contributed by atoms with E-state index in [4.69, 9.17) is 10.1 Å². The summed E-state index contributed by atoms with van der Waals surface area (Å²) in [5.41, 5.74) is 3.45. The van der Waals surface area contributed by atoms with Crippen LogP contribution in [0.15, 0.2) is 36.7 Å². The molecule has 14 nitrogen and oxygen atoms in total. The zero-order valence-electron chi connectivity index (χ0n) is 26.6. The summed E-state index contributed by atoms with van der Waals surface area (Å²) >= 11 is 0. The lowest BCUT2D eigenvalue weighted by atomic mass is 10.1. The van der Waals surface area contributed by atoms with E-state index in [1.807, 2.05) is 54.8 Å². The van der Waals surface area contributed by atoms with Crippen LogP contribution in [0.2, 0.25) is 0 Å². The number of hydrogen-bond acceptors (Lipinski definition) is 7. The molecule has 0 bridgehead atoms. The van der Waals surface area contributed by atoms with E-state index in [1.165, 1.54) is 7.11 Å². The standard InChI is InChI=1S/C33H40N8O6/c1-20(36-32(44)45)30(42)40-16-4-6-26(40)28-34-18-24(38-28)14-12-22-8-10-23(11-9-22)13-15-25-19-35-29(39-25)27-7-5-17-41(27)31(43)21(2)37-33(46)47-3/h8-15,18-21,26-27,36H,4-7,16-17H2,1-3H3,(H,34,38)(H,35,39)(H,37,46)(H,44,45)/b14-12?,15-13+/t20-,21-,26-,27-/m0/s1. The lowest BCUT2D eigenvalue weighted by Crippen LogP contribution is -2.46. The van der Waals surface area contributed by atoms with Crippen LogP contribution in [0.5, 0.6) is 0 Å². The topological polar surface area (TPSA) is 186 Å². The molecular weight excluding hydrogens is 604 g/mol. The van der Waals surface area contributed by atoms with E-state index in [0.29, 0.717) is 24.7 Å². The van der Waals surface area contributed by atoms with E-state index in [2.05, 4.69) is 30.3 Å². The van der Waals surface area contributed by atoms with Crippen molar-refractivity contribution >= 4 is 48.3 Å². The number of aromatic amines is 2. The van der Waals surface area contributed by atoms with Gasteiger partial charge in [0.05, 0.1) is 30.6 Å². The highest BCUT2D eigenvalue weighted by Gasteiger charge is 2.35. The number of carbonyl (C=O) groups is 4. The van der Waals surface area contributed by atoms with Crippen LogP contribution in [0.25, 0.3) is 24.3 Å². The molecule has 2 aliphatic rings. The molecule has 0 unspecified atom stereocenters. The average molecular weight is 645 g/mol. The fourth-order valence-electron chi connectivity index (χ4n) is 5.97. The number of aromatic nitrogens is 4. The predicted octanol–water partition coefficient (Wildman–Crippen LogP) is 4.20. The zero-order chi connectivity index (χ0) is 33.5. The van der Waals surface area contributed by atoms with E-state index in [-0.39, 0.29) is 23.9 Å². The van der Waals surface area contributed by atoms with Crippen LogP contribution >= 0.6 is 0 Å². The summed E-state index contributed by atoms with van der Waals surface area (Å²) in [7, 11) is 1.26. The number of benzene rings is 1. The van der Waals surface area contributed by atoms with Gasteiger partial charge >= 0.3 is 12.2 Å². The first-order valence-electron chi connectivity index (χ1n) is 15.6. The molecule has 2 saturated heterocycles. The number of H-pyrrole nitrogens is 2. The van der Waals surface area contributed by atoms with Gasteiger partial charge in [0.1, 0.15) is 23.7 Å². The van der Waals surface area contributed by atoms with Gasteiger partial charge in [0.2, 0.25) is 11.8 Å².